The van der Waals surface area contributed by atoms with Gasteiger partial charge < -0.3 is 19.5 Å². The Bertz CT molecular complexity index is 469. The summed E-state index contributed by atoms with van der Waals surface area (Å²) in [6, 6.07) is 5.31. The van der Waals surface area contributed by atoms with Gasteiger partial charge in [0.05, 0.1) is 13.7 Å². The molecule has 5 heteroatoms. The minimum atomic E-state index is -0.962. The molecule has 2 rings (SSSR count). The lowest BCUT2D eigenvalue weighted by Gasteiger charge is -2.20. The summed E-state index contributed by atoms with van der Waals surface area (Å²) < 4.78 is 10.4. The van der Waals surface area contributed by atoms with Gasteiger partial charge in [0.25, 0.3) is 0 Å². The number of benzene rings is 1. The normalized spacial score (nSPS) is 18.4. The van der Waals surface area contributed by atoms with Crippen molar-refractivity contribution in [2.24, 2.45) is 5.92 Å². The number of carboxylic acids is 1. The molecule has 1 atom stereocenters. The van der Waals surface area contributed by atoms with Crippen molar-refractivity contribution in [2.45, 2.75) is 13.0 Å². The second-order valence-electron chi connectivity index (χ2n) is 5.27. The highest BCUT2D eigenvalue weighted by Gasteiger charge is 2.18. The molecular formula is C15H21NO4. The molecule has 1 saturated heterocycles. The van der Waals surface area contributed by atoms with Gasteiger partial charge in [0, 0.05) is 19.7 Å². The molecule has 1 aliphatic rings. The lowest BCUT2D eigenvalue weighted by atomic mass is 10.1. The van der Waals surface area contributed by atoms with Crippen LogP contribution in [0.1, 0.15) is 22.3 Å². The van der Waals surface area contributed by atoms with Crippen LogP contribution in [0.15, 0.2) is 18.2 Å². The van der Waals surface area contributed by atoms with Crippen LogP contribution >= 0.6 is 0 Å². The average Bonchev–Trinajstić information content (AvgIpc) is 2.91. The number of aromatic carboxylic acids is 1. The van der Waals surface area contributed by atoms with E-state index in [-0.39, 0.29) is 5.56 Å². The first-order valence-electron chi connectivity index (χ1n) is 6.76. The monoisotopic (exact) mass is 279 g/mol. The fraction of sp³-hybridized carbons (Fsp3) is 0.533. The zero-order valence-corrected chi connectivity index (χ0v) is 12.0. The maximum absolute atomic E-state index is 11.2. The van der Waals surface area contributed by atoms with Crippen molar-refractivity contribution in [2.75, 3.05) is 33.9 Å². The van der Waals surface area contributed by atoms with Gasteiger partial charge in [0.2, 0.25) is 0 Å². The molecule has 1 N–H and O–H groups in total. The largest absolute Gasteiger partial charge is 0.496 e. The quantitative estimate of drug-likeness (QED) is 0.861. The average molecular weight is 279 g/mol. The Morgan fingerprint density at radius 2 is 2.35 bits per heavy atom. The number of ether oxygens (including phenoxy) is 2. The van der Waals surface area contributed by atoms with Crippen LogP contribution in [0.5, 0.6) is 5.75 Å². The highest BCUT2D eigenvalue weighted by atomic mass is 16.5. The van der Waals surface area contributed by atoms with Crippen LogP contribution in [0.3, 0.4) is 0 Å². The van der Waals surface area contributed by atoms with E-state index in [9.17, 15) is 9.90 Å². The van der Waals surface area contributed by atoms with E-state index in [0.717, 1.165) is 38.3 Å². The Morgan fingerprint density at radius 3 is 2.95 bits per heavy atom. The zero-order valence-electron chi connectivity index (χ0n) is 12.0. The molecule has 1 aliphatic heterocycles. The molecule has 1 heterocycles. The van der Waals surface area contributed by atoms with E-state index < -0.39 is 5.97 Å². The van der Waals surface area contributed by atoms with Crippen molar-refractivity contribution in [1.82, 2.24) is 4.90 Å². The molecular weight excluding hydrogens is 258 g/mol. The Balaban J connectivity index is 2.01. The van der Waals surface area contributed by atoms with Crippen molar-refractivity contribution in [3.63, 3.8) is 0 Å². The molecule has 0 saturated carbocycles. The van der Waals surface area contributed by atoms with Crippen LogP contribution in [0.4, 0.5) is 0 Å². The highest BCUT2D eigenvalue weighted by Crippen LogP contribution is 2.21. The Morgan fingerprint density at radius 1 is 1.55 bits per heavy atom. The van der Waals surface area contributed by atoms with Crippen molar-refractivity contribution in [1.29, 1.82) is 0 Å². The molecule has 1 fully saturated rings. The number of methoxy groups -OCH3 is 1. The van der Waals surface area contributed by atoms with E-state index in [2.05, 4.69) is 4.90 Å². The predicted molar refractivity (Wildman–Crippen MR) is 75.2 cm³/mol. The third-order valence-electron chi connectivity index (χ3n) is 3.54. The lowest BCUT2D eigenvalue weighted by Crippen LogP contribution is -2.25. The number of nitrogens with zero attached hydrogens (tertiary/aromatic N) is 1. The van der Waals surface area contributed by atoms with E-state index >= 15 is 0 Å². The van der Waals surface area contributed by atoms with Crippen LogP contribution in [0, 0.1) is 5.92 Å². The maximum Gasteiger partial charge on any atom is 0.339 e. The minimum Gasteiger partial charge on any atom is -0.496 e. The molecule has 1 aromatic carbocycles. The summed E-state index contributed by atoms with van der Waals surface area (Å²) in [5.74, 6) is 0.0147. The molecule has 1 aromatic rings. The van der Waals surface area contributed by atoms with Gasteiger partial charge in [-0.1, -0.05) is 6.07 Å². The second-order valence-corrected chi connectivity index (χ2v) is 5.27. The first-order valence-corrected chi connectivity index (χ1v) is 6.76. The molecule has 110 valence electrons. The van der Waals surface area contributed by atoms with Gasteiger partial charge in [-0.15, -0.1) is 0 Å². The van der Waals surface area contributed by atoms with Gasteiger partial charge in [-0.05, 0) is 37.1 Å². The summed E-state index contributed by atoms with van der Waals surface area (Å²) in [5.41, 5.74) is 1.19. The molecule has 0 unspecified atom stereocenters. The van der Waals surface area contributed by atoms with Crippen molar-refractivity contribution in [3.05, 3.63) is 29.3 Å². The van der Waals surface area contributed by atoms with Gasteiger partial charge in [0.1, 0.15) is 11.3 Å². The fourth-order valence-electron chi connectivity index (χ4n) is 2.56. The van der Waals surface area contributed by atoms with Gasteiger partial charge in [-0.25, -0.2) is 4.79 Å². The number of carboxylic acid groups (broad SMARTS) is 1. The van der Waals surface area contributed by atoms with Crippen molar-refractivity contribution in [3.8, 4) is 5.75 Å². The smallest absolute Gasteiger partial charge is 0.339 e. The minimum absolute atomic E-state index is 0.211. The van der Waals surface area contributed by atoms with Crippen LogP contribution in [0.25, 0.3) is 0 Å². The van der Waals surface area contributed by atoms with Gasteiger partial charge in [0.15, 0.2) is 0 Å². The van der Waals surface area contributed by atoms with Crippen LogP contribution in [-0.4, -0.2) is 49.9 Å². The van der Waals surface area contributed by atoms with Gasteiger partial charge in [-0.3, -0.25) is 0 Å². The van der Waals surface area contributed by atoms with E-state index in [4.69, 9.17) is 9.47 Å². The SMILES string of the molecule is COc1ccc(CN(C)C[C@@H]2CCOC2)cc1C(=O)O. The van der Waals surface area contributed by atoms with Gasteiger partial charge in [-0.2, -0.15) is 0 Å². The number of hydrogen-bond acceptors (Lipinski definition) is 4. The van der Waals surface area contributed by atoms with E-state index in [0.29, 0.717) is 11.7 Å². The second kappa shape index (κ2) is 6.72. The molecule has 20 heavy (non-hydrogen) atoms. The van der Waals surface area contributed by atoms with E-state index in [1.807, 2.05) is 13.1 Å². The molecule has 0 aliphatic carbocycles. The van der Waals surface area contributed by atoms with E-state index in [1.165, 1.54) is 7.11 Å². The topological polar surface area (TPSA) is 59.0 Å². The first-order chi connectivity index (χ1) is 9.60. The van der Waals surface area contributed by atoms with E-state index in [1.54, 1.807) is 12.1 Å². The number of rotatable bonds is 6. The maximum atomic E-state index is 11.2. The third-order valence-corrected chi connectivity index (χ3v) is 3.54. The van der Waals surface area contributed by atoms with Crippen LogP contribution < -0.4 is 4.74 Å². The Hall–Kier alpha value is -1.59. The van der Waals surface area contributed by atoms with Crippen molar-refractivity contribution >= 4 is 5.97 Å². The Labute approximate surface area is 119 Å². The molecule has 0 radical (unpaired) electrons. The summed E-state index contributed by atoms with van der Waals surface area (Å²) in [7, 11) is 3.52. The van der Waals surface area contributed by atoms with Crippen LogP contribution in [0.2, 0.25) is 0 Å². The molecule has 0 amide bonds. The first kappa shape index (κ1) is 14.8. The summed E-state index contributed by atoms with van der Waals surface area (Å²) in [5, 5.41) is 9.18. The lowest BCUT2D eigenvalue weighted by molar-refractivity contribution is 0.0693. The standard InChI is InChI=1S/C15H21NO4/c1-16(9-12-5-6-20-10-12)8-11-3-4-14(19-2)13(7-11)15(17)18/h3-4,7,12H,5-6,8-10H2,1-2H3,(H,17,18)/t12-/m0/s1. The summed E-state index contributed by atoms with van der Waals surface area (Å²) in [4.78, 5) is 13.4. The number of carbonyl (C=O) groups is 1. The zero-order chi connectivity index (χ0) is 14.5. The molecule has 5 nitrogen and oxygen atoms in total. The predicted octanol–water partition coefficient (Wildman–Crippen LogP) is 1.86. The Kier molecular flexibility index (Phi) is 4.98. The molecule has 0 aromatic heterocycles. The fourth-order valence-corrected chi connectivity index (χ4v) is 2.56. The number of hydrogen-bond donors (Lipinski definition) is 1. The van der Waals surface area contributed by atoms with Gasteiger partial charge >= 0.3 is 5.97 Å². The molecule has 0 bridgehead atoms. The molecule has 0 spiro atoms. The summed E-state index contributed by atoms with van der Waals surface area (Å²) >= 11 is 0. The summed E-state index contributed by atoms with van der Waals surface area (Å²) in [6.07, 6.45) is 1.10. The highest BCUT2D eigenvalue weighted by molar-refractivity contribution is 5.91. The van der Waals surface area contributed by atoms with Crippen LogP contribution in [-0.2, 0) is 11.3 Å². The summed E-state index contributed by atoms with van der Waals surface area (Å²) in [6.45, 7) is 3.37. The van der Waals surface area contributed by atoms with Crippen molar-refractivity contribution < 1.29 is 19.4 Å². The third kappa shape index (κ3) is 3.71.